The van der Waals surface area contributed by atoms with Crippen molar-refractivity contribution in [3.8, 4) is 0 Å². The molecule has 0 saturated heterocycles. The topological polar surface area (TPSA) is 72.8 Å². The fourth-order valence-electron chi connectivity index (χ4n) is 5.59. The molecule has 0 rings (SSSR count). The van der Waals surface area contributed by atoms with Crippen molar-refractivity contribution in [2.24, 2.45) is 0 Å². The summed E-state index contributed by atoms with van der Waals surface area (Å²) in [5.41, 5.74) is 0. The van der Waals surface area contributed by atoms with Crippen molar-refractivity contribution < 1.29 is 24.2 Å². The van der Waals surface area contributed by atoms with E-state index in [1.54, 1.807) is 0 Å². The Morgan fingerprint density at radius 3 is 1.30 bits per heavy atom. The molecule has 0 aliphatic heterocycles. The first-order valence-electron chi connectivity index (χ1n) is 19.2. The average molecular weight is 623 g/mol. The number of hydrogen-bond donors (Lipinski definition) is 1. The number of hydrogen-bond acceptors (Lipinski definition) is 5. The van der Waals surface area contributed by atoms with Crippen molar-refractivity contribution in [2.45, 2.75) is 213 Å². The Hall–Kier alpha value is -1.36. The van der Waals surface area contributed by atoms with Gasteiger partial charge in [0.1, 0.15) is 6.61 Å². The summed E-state index contributed by atoms with van der Waals surface area (Å²) in [5.74, 6) is -0.593. The number of aliphatic hydroxyl groups is 1. The van der Waals surface area contributed by atoms with Crippen molar-refractivity contribution in [3.63, 3.8) is 0 Å². The van der Waals surface area contributed by atoms with Crippen molar-refractivity contribution >= 4 is 11.9 Å². The molecule has 44 heavy (non-hydrogen) atoms. The Morgan fingerprint density at radius 1 is 0.500 bits per heavy atom. The summed E-state index contributed by atoms with van der Waals surface area (Å²) in [6.07, 6.45) is 39.9. The Morgan fingerprint density at radius 2 is 0.864 bits per heavy atom. The van der Waals surface area contributed by atoms with Crippen molar-refractivity contribution in [2.75, 3.05) is 13.2 Å². The first-order valence-corrected chi connectivity index (χ1v) is 19.2. The van der Waals surface area contributed by atoms with E-state index in [9.17, 15) is 14.7 Å². The molecule has 0 aromatic heterocycles. The summed E-state index contributed by atoms with van der Waals surface area (Å²) >= 11 is 0. The number of unbranched alkanes of at least 4 members (excludes halogenated alkanes) is 25. The van der Waals surface area contributed by atoms with Gasteiger partial charge in [-0.15, -0.1) is 0 Å². The van der Waals surface area contributed by atoms with E-state index in [4.69, 9.17) is 9.47 Å². The Balaban J connectivity index is 3.49. The molecular formula is C39H74O5. The first-order chi connectivity index (χ1) is 21.6. The van der Waals surface area contributed by atoms with Gasteiger partial charge < -0.3 is 14.6 Å². The van der Waals surface area contributed by atoms with Crippen molar-refractivity contribution in [3.05, 3.63) is 12.2 Å². The molecule has 5 nitrogen and oxygen atoms in total. The molecule has 0 aromatic carbocycles. The lowest BCUT2D eigenvalue weighted by Gasteiger charge is -2.15. The molecule has 0 radical (unpaired) electrons. The Labute approximate surface area is 273 Å². The molecule has 0 aromatic rings. The molecule has 0 aliphatic rings. The van der Waals surface area contributed by atoms with E-state index < -0.39 is 6.10 Å². The number of carbonyl (C=O) groups excluding carboxylic acids is 2. The smallest absolute Gasteiger partial charge is 0.306 e. The molecule has 0 amide bonds. The molecule has 1 atom stereocenters. The number of carbonyl (C=O) groups is 2. The maximum Gasteiger partial charge on any atom is 0.306 e. The Bertz CT molecular complexity index is 632. The predicted molar refractivity (Wildman–Crippen MR) is 187 cm³/mol. The fourth-order valence-corrected chi connectivity index (χ4v) is 5.59. The summed E-state index contributed by atoms with van der Waals surface area (Å²) in [6, 6.07) is 0. The second kappa shape index (κ2) is 36.1. The van der Waals surface area contributed by atoms with E-state index in [1.165, 1.54) is 135 Å². The molecule has 0 saturated carbocycles. The first kappa shape index (κ1) is 42.6. The minimum absolute atomic E-state index is 0.0648. The summed E-state index contributed by atoms with van der Waals surface area (Å²) < 4.78 is 10.6. The standard InChI is InChI=1S/C39H74O5/c1-3-5-7-9-11-13-15-16-17-18-19-20-21-22-24-26-28-30-32-34-39(42)44-37(35-40)36-43-38(41)33-31-29-27-25-23-14-12-10-8-6-4-2/h10,12,37,40H,3-9,11,13-36H2,1-2H3/b12-10-/t37-/m0/s1. The maximum atomic E-state index is 12.1. The van der Waals surface area contributed by atoms with Gasteiger partial charge in [0.2, 0.25) is 0 Å². The molecule has 0 unspecified atom stereocenters. The van der Waals surface area contributed by atoms with Gasteiger partial charge in [-0.05, 0) is 32.1 Å². The van der Waals surface area contributed by atoms with Crippen LogP contribution in [0.25, 0.3) is 0 Å². The van der Waals surface area contributed by atoms with E-state index >= 15 is 0 Å². The molecule has 260 valence electrons. The average Bonchev–Trinajstić information content (AvgIpc) is 3.02. The molecule has 0 spiro atoms. The molecular weight excluding hydrogens is 548 g/mol. The lowest BCUT2D eigenvalue weighted by molar-refractivity contribution is -0.161. The van der Waals surface area contributed by atoms with Crippen LogP contribution in [0.2, 0.25) is 0 Å². The van der Waals surface area contributed by atoms with Gasteiger partial charge in [-0.1, -0.05) is 174 Å². The van der Waals surface area contributed by atoms with Crippen LogP contribution in [0, 0.1) is 0 Å². The number of allylic oxidation sites excluding steroid dienone is 2. The molecule has 0 fully saturated rings. The van der Waals surface area contributed by atoms with Gasteiger partial charge in [-0.25, -0.2) is 0 Å². The van der Waals surface area contributed by atoms with E-state index in [2.05, 4.69) is 26.0 Å². The van der Waals surface area contributed by atoms with Crippen LogP contribution >= 0.6 is 0 Å². The highest BCUT2D eigenvalue weighted by Crippen LogP contribution is 2.15. The lowest BCUT2D eigenvalue weighted by Crippen LogP contribution is -2.28. The monoisotopic (exact) mass is 623 g/mol. The van der Waals surface area contributed by atoms with Crippen LogP contribution in [0.3, 0.4) is 0 Å². The predicted octanol–water partition coefficient (Wildman–Crippen LogP) is 11.7. The fraction of sp³-hybridized carbons (Fsp3) is 0.897. The lowest BCUT2D eigenvalue weighted by atomic mass is 10.0. The quantitative estimate of drug-likeness (QED) is 0.0432. The summed E-state index contributed by atoms with van der Waals surface area (Å²) in [5, 5.41) is 9.53. The third-order valence-electron chi connectivity index (χ3n) is 8.56. The van der Waals surface area contributed by atoms with E-state index in [-0.39, 0.29) is 25.2 Å². The second-order valence-electron chi connectivity index (χ2n) is 13.0. The molecule has 5 heteroatoms. The number of ether oxygens (including phenoxy) is 2. The summed E-state index contributed by atoms with van der Waals surface area (Å²) in [4.78, 5) is 24.2. The van der Waals surface area contributed by atoms with Crippen LogP contribution < -0.4 is 0 Å². The molecule has 0 aliphatic carbocycles. The third kappa shape index (κ3) is 33.5. The zero-order chi connectivity index (χ0) is 32.2. The highest BCUT2D eigenvalue weighted by atomic mass is 16.6. The van der Waals surface area contributed by atoms with Crippen LogP contribution in [0.4, 0.5) is 0 Å². The van der Waals surface area contributed by atoms with Gasteiger partial charge in [0.15, 0.2) is 6.10 Å². The van der Waals surface area contributed by atoms with Crippen molar-refractivity contribution in [1.29, 1.82) is 0 Å². The maximum absolute atomic E-state index is 12.1. The highest BCUT2D eigenvalue weighted by Gasteiger charge is 2.16. The van der Waals surface area contributed by atoms with Gasteiger partial charge in [0.25, 0.3) is 0 Å². The van der Waals surface area contributed by atoms with Gasteiger partial charge >= 0.3 is 11.9 Å². The number of rotatable bonds is 35. The van der Waals surface area contributed by atoms with Crippen LogP contribution in [0.1, 0.15) is 206 Å². The van der Waals surface area contributed by atoms with Gasteiger partial charge in [-0.3, -0.25) is 9.59 Å². The zero-order valence-electron chi connectivity index (χ0n) is 29.4. The molecule has 0 heterocycles. The van der Waals surface area contributed by atoms with E-state index in [1.807, 2.05) is 0 Å². The van der Waals surface area contributed by atoms with Crippen LogP contribution in [-0.2, 0) is 19.1 Å². The summed E-state index contributed by atoms with van der Waals surface area (Å²) in [7, 11) is 0. The van der Waals surface area contributed by atoms with Crippen LogP contribution in [-0.4, -0.2) is 36.4 Å². The third-order valence-corrected chi connectivity index (χ3v) is 8.56. The minimum atomic E-state index is -0.767. The van der Waals surface area contributed by atoms with Gasteiger partial charge in [-0.2, -0.15) is 0 Å². The SMILES string of the molecule is CCCC/C=C\CCCCCCCC(=O)OC[C@H](CO)OC(=O)CCCCCCCCCCCCCCCCCCCCC. The van der Waals surface area contributed by atoms with Gasteiger partial charge in [0.05, 0.1) is 6.61 Å². The normalized spacial score (nSPS) is 12.2. The largest absolute Gasteiger partial charge is 0.462 e. The van der Waals surface area contributed by atoms with Crippen LogP contribution in [0.15, 0.2) is 12.2 Å². The second-order valence-corrected chi connectivity index (χ2v) is 13.0. The molecule has 0 bridgehead atoms. The Kier molecular flexibility index (Phi) is 35.0. The zero-order valence-corrected chi connectivity index (χ0v) is 29.4. The molecule has 1 N–H and O–H groups in total. The van der Waals surface area contributed by atoms with Gasteiger partial charge in [0, 0.05) is 12.8 Å². The highest BCUT2D eigenvalue weighted by molar-refractivity contribution is 5.70. The van der Waals surface area contributed by atoms with Crippen molar-refractivity contribution in [1.82, 2.24) is 0 Å². The number of esters is 2. The van der Waals surface area contributed by atoms with Crippen LogP contribution in [0.5, 0.6) is 0 Å². The summed E-state index contributed by atoms with van der Waals surface area (Å²) in [6.45, 7) is 4.10. The minimum Gasteiger partial charge on any atom is -0.462 e. The number of aliphatic hydroxyl groups excluding tert-OH is 1. The van der Waals surface area contributed by atoms with E-state index in [0.29, 0.717) is 12.8 Å². The van der Waals surface area contributed by atoms with E-state index in [0.717, 1.165) is 44.9 Å².